The van der Waals surface area contributed by atoms with Gasteiger partial charge in [-0.25, -0.2) is 15.0 Å². The molecule has 1 atom stereocenters. The Morgan fingerprint density at radius 1 is 0.458 bits per heavy atom. The Morgan fingerprint density at radius 3 is 1.73 bits per heavy atom. The first-order valence-corrected chi connectivity index (χ1v) is 16.5. The van der Waals surface area contributed by atoms with Gasteiger partial charge in [-0.1, -0.05) is 164 Å². The molecule has 0 N–H and O–H groups in total. The maximum atomic E-state index is 5.01. The van der Waals surface area contributed by atoms with Gasteiger partial charge < -0.3 is 0 Å². The summed E-state index contributed by atoms with van der Waals surface area (Å²) in [6, 6.07) is 53.6. The van der Waals surface area contributed by atoms with Crippen LogP contribution >= 0.6 is 0 Å². The highest BCUT2D eigenvalue weighted by Crippen LogP contribution is 2.40. The number of fused-ring (bicyclic) bond motifs is 4. The average molecular weight is 614 g/mol. The van der Waals surface area contributed by atoms with Crippen LogP contribution in [0.4, 0.5) is 0 Å². The molecular formula is C45H31N3. The minimum absolute atomic E-state index is 0.0362. The van der Waals surface area contributed by atoms with E-state index in [0.29, 0.717) is 11.6 Å². The zero-order valence-electron chi connectivity index (χ0n) is 26.3. The zero-order chi connectivity index (χ0) is 31.9. The fourth-order valence-corrected chi connectivity index (χ4v) is 6.99. The standard InChI is InChI=1S/C45H31N3/c1-3-13-33(14-4-1)43-46-44(34-15-5-2-6-16-34)48-45(47-43)35-22-20-32(21-23-35)42-40-18-10-8-12-31(40)25-28-41(42)37-26-27-39-36(29-37)24-19-30-11-7-9-17-38(30)39/h1-22,24-29,35H,23H2. The summed E-state index contributed by atoms with van der Waals surface area (Å²) in [5.41, 5.74) is 6.89. The summed E-state index contributed by atoms with van der Waals surface area (Å²) in [5, 5.41) is 7.56. The lowest BCUT2D eigenvalue weighted by Crippen LogP contribution is -2.08. The van der Waals surface area contributed by atoms with Crippen molar-refractivity contribution < 1.29 is 0 Å². The van der Waals surface area contributed by atoms with Crippen LogP contribution in [-0.2, 0) is 0 Å². The molecule has 1 heterocycles. The second-order valence-electron chi connectivity index (χ2n) is 12.4. The molecule has 0 aliphatic heterocycles. The van der Waals surface area contributed by atoms with Crippen molar-refractivity contribution in [2.24, 2.45) is 0 Å². The van der Waals surface area contributed by atoms with Crippen molar-refractivity contribution in [1.82, 2.24) is 15.0 Å². The third-order valence-corrected chi connectivity index (χ3v) is 9.42. The number of nitrogens with zero attached hydrogens (tertiary/aromatic N) is 3. The Labute approximate surface area is 279 Å². The van der Waals surface area contributed by atoms with Crippen LogP contribution in [0.15, 0.2) is 170 Å². The van der Waals surface area contributed by atoms with Gasteiger partial charge in [0, 0.05) is 17.0 Å². The predicted molar refractivity (Wildman–Crippen MR) is 200 cm³/mol. The van der Waals surface area contributed by atoms with Crippen LogP contribution in [0.3, 0.4) is 0 Å². The average Bonchev–Trinajstić information content (AvgIpc) is 3.18. The minimum Gasteiger partial charge on any atom is -0.212 e. The molecule has 0 saturated heterocycles. The van der Waals surface area contributed by atoms with Crippen LogP contribution < -0.4 is 0 Å². The molecule has 0 radical (unpaired) electrons. The molecule has 0 bridgehead atoms. The van der Waals surface area contributed by atoms with E-state index in [1.807, 2.05) is 36.4 Å². The van der Waals surface area contributed by atoms with Crippen LogP contribution in [0.2, 0.25) is 0 Å². The van der Waals surface area contributed by atoms with Crippen molar-refractivity contribution >= 4 is 37.9 Å². The normalized spacial score (nSPS) is 14.4. The number of hydrogen-bond donors (Lipinski definition) is 0. The van der Waals surface area contributed by atoms with Crippen molar-refractivity contribution in [3.05, 3.63) is 181 Å². The minimum atomic E-state index is 0.0362. The van der Waals surface area contributed by atoms with Crippen molar-refractivity contribution in [2.45, 2.75) is 12.3 Å². The highest BCUT2D eigenvalue weighted by Gasteiger charge is 2.21. The molecule has 0 saturated carbocycles. The van der Waals surface area contributed by atoms with Crippen molar-refractivity contribution in [3.8, 4) is 33.9 Å². The summed E-state index contributed by atoms with van der Waals surface area (Å²) in [4.78, 5) is 14.9. The third-order valence-electron chi connectivity index (χ3n) is 9.42. The van der Waals surface area contributed by atoms with Gasteiger partial charge in [0.25, 0.3) is 0 Å². The Hall–Kier alpha value is -6.19. The molecule has 7 aromatic carbocycles. The molecule has 0 amide bonds. The van der Waals surface area contributed by atoms with Gasteiger partial charge in [-0.2, -0.15) is 0 Å². The summed E-state index contributed by atoms with van der Waals surface area (Å²) in [6.45, 7) is 0. The summed E-state index contributed by atoms with van der Waals surface area (Å²) in [5.74, 6) is 2.22. The Balaban J connectivity index is 1.13. The second kappa shape index (κ2) is 11.9. The van der Waals surface area contributed by atoms with Gasteiger partial charge in [0.1, 0.15) is 5.82 Å². The Bertz CT molecular complexity index is 2470. The van der Waals surface area contributed by atoms with Gasteiger partial charge >= 0.3 is 0 Å². The number of hydrogen-bond acceptors (Lipinski definition) is 3. The molecule has 1 aliphatic rings. The lowest BCUT2D eigenvalue weighted by Gasteiger charge is -2.20. The first-order chi connectivity index (χ1) is 23.8. The van der Waals surface area contributed by atoms with Gasteiger partial charge in [0.15, 0.2) is 11.6 Å². The Morgan fingerprint density at radius 2 is 1.04 bits per heavy atom. The van der Waals surface area contributed by atoms with Gasteiger partial charge in [0.05, 0.1) is 0 Å². The van der Waals surface area contributed by atoms with E-state index < -0.39 is 0 Å². The third kappa shape index (κ3) is 5.06. The van der Waals surface area contributed by atoms with E-state index in [2.05, 4.69) is 133 Å². The quantitative estimate of drug-likeness (QED) is 0.181. The molecule has 9 rings (SSSR count). The van der Waals surface area contributed by atoms with E-state index in [1.165, 1.54) is 54.6 Å². The van der Waals surface area contributed by atoms with Crippen molar-refractivity contribution in [3.63, 3.8) is 0 Å². The summed E-state index contributed by atoms with van der Waals surface area (Å²) in [6.07, 6.45) is 7.69. The molecule has 1 aliphatic carbocycles. The molecule has 0 spiro atoms. The van der Waals surface area contributed by atoms with Gasteiger partial charge in [-0.3, -0.25) is 0 Å². The first kappa shape index (κ1) is 28.1. The van der Waals surface area contributed by atoms with Crippen LogP contribution in [0.1, 0.15) is 23.7 Å². The summed E-state index contributed by atoms with van der Waals surface area (Å²) < 4.78 is 0. The molecule has 1 unspecified atom stereocenters. The lowest BCUT2D eigenvalue weighted by atomic mass is 9.85. The van der Waals surface area contributed by atoms with E-state index in [4.69, 9.17) is 15.0 Å². The van der Waals surface area contributed by atoms with Gasteiger partial charge in [-0.05, 0) is 67.1 Å². The SMILES string of the molecule is C1=CC(c2nc(-c3ccccc3)nc(-c3ccccc3)n2)CC=C1c1c(-c2ccc3c(ccc4ccccc43)c2)ccc2ccccc12. The molecule has 3 heteroatoms. The number of rotatable bonds is 5. The monoisotopic (exact) mass is 613 g/mol. The predicted octanol–water partition coefficient (Wildman–Crippen LogP) is 11.5. The van der Waals surface area contributed by atoms with Crippen LogP contribution in [0.5, 0.6) is 0 Å². The number of allylic oxidation sites excluding steroid dienone is 4. The van der Waals surface area contributed by atoms with E-state index >= 15 is 0 Å². The smallest absolute Gasteiger partial charge is 0.163 e. The van der Waals surface area contributed by atoms with E-state index in [-0.39, 0.29) is 5.92 Å². The highest BCUT2D eigenvalue weighted by atomic mass is 15.0. The fourth-order valence-electron chi connectivity index (χ4n) is 6.99. The molecule has 3 nitrogen and oxygen atoms in total. The van der Waals surface area contributed by atoms with Crippen LogP contribution in [-0.4, -0.2) is 15.0 Å². The molecule has 48 heavy (non-hydrogen) atoms. The zero-order valence-corrected chi connectivity index (χ0v) is 26.3. The van der Waals surface area contributed by atoms with Gasteiger partial charge in [0.2, 0.25) is 0 Å². The topological polar surface area (TPSA) is 38.7 Å². The summed E-state index contributed by atoms with van der Waals surface area (Å²) >= 11 is 0. The van der Waals surface area contributed by atoms with E-state index in [9.17, 15) is 0 Å². The van der Waals surface area contributed by atoms with Crippen LogP contribution in [0, 0.1) is 0 Å². The highest BCUT2D eigenvalue weighted by molar-refractivity contribution is 6.09. The Kier molecular flexibility index (Phi) is 6.94. The molecular weight excluding hydrogens is 583 g/mol. The van der Waals surface area contributed by atoms with E-state index in [1.54, 1.807) is 0 Å². The fraction of sp³-hybridized carbons (Fsp3) is 0.0444. The van der Waals surface area contributed by atoms with E-state index in [0.717, 1.165) is 23.4 Å². The molecule has 226 valence electrons. The largest absolute Gasteiger partial charge is 0.212 e. The molecule has 0 fully saturated rings. The van der Waals surface area contributed by atoms with Crippen molar-refractivity contribution in [2.75, 3.05) is 0 Å². The maximum Gasteiger partial charge on any atom is 0.163 e. The summed E-state index contributed by atoms with van der Waals surface area (Å²) in [7, 11) is 0. The second-order valence-corrected chi connectivity index (χ2v) is 12.4. The number of aromatic nitrogens is 3. The van der Waals surface area contributed by atoms with Gasteiger partial charge in [-0.15, -0.1) is 0 Å². The van der Waals surface area contributed by atoms with Crippen LogP contribution in [0.25, 0.3) is 71.8 Å². The first-order valence-electron chi connectivity index (χ1n) is 16.5. The number of benzene rings is 7. The maximum absolute atomic E-state index is 5.01. The molecule has 8 aromatic rings. The molecule has 1 aromatic heterocycles. The van der Waals surface area contributed by atoms with Crippen molar-refractivity contribution in [1.29, 1.82) is 0 Å². The lowest BCUT2D eigenvalue weighted by molar-refractivity contribution is 0.766.